The van der Waals surface area contributed by atoms with Crippen LogP contribution in [-0.2, 0) is 16.1 Å². The predicted molar refractivity (Wildman–Crippen MR) is 90.5 cm³/mol. The predicted octanol–water partition coefficient (Wildman–Crippen LogP) is 3.32. The molecule has 0 unspecified atom stereocenters. The van der Waals surface area contributed by atoms with Gasteiger partial charge in [0, 0.05) is 16.7 Å². The molecule has 4 nitrogen and oxygen atoms in total. The van der Waals surface area contributed by atoms with E-state index in [1.54, 1.807) is 6.07 Å². The second-order valence-corrected chi connectivity index (χ2v) is 6.00. The fourth-order valence-corrected chi connectivity index (χ4v) is 2.51. The Balaban J connectivity index is 1.93. The van der Waals surface area contributed by atoms with E-state index < -0.39 is 11.8 Å². The Hall–Kier alpha value is -2.14. The quantitative estimate of drug-likeness (QED) is 0.824. The summed E-state index contributed by atoms with van der Waals surface area (Å²) in [5, 5.41) is 5.23. The third kappa shape index (κ3) is 4.43. The monoisotopic (exact) mass is 360 g/mol. The molecular weight excluding hydrogens is 344 g/mol. The number of halogens is 1. The molecule has 5 heteroatoms. The Morgan fingerprint density at radius 3 is 2.50 bits per heavy atom. The van der Waals surface area contributed by atoms with Crippen molar-refractivity contribution in [1.82, 2.24) is 5.32 Å². The summed E-state index contributed by atoms with van der Waals surface area (Å²) in [5.41, 5.74) is 3.58. The maximum Gasteiger partial charge on any atom is 0.313 e. The number of rotatable bonds is 3. The van der Waals surface area contributed by atoms with Crippen LogP contribution in [-0.4, -0.2) is 11.8 Å². The molecular formula is C17H17BrN2O2. The molecule has 0 saturated carbocycles. The number of benzene rings is 2. The van der Waals surface area contributed by atoms with Gasteiger partial charge in [-0.15, -0.1) is 0 Å². The molecule has 0 aliphatic carbocycles. The van der Waals surface area contributed by atoms with Crippen LogP contribution in [0.15, 0.2) is 46.9 Å². The van der Waals surface area contributed by atoms with E-state index in [0.29, 0.717) is 12.2 Å². The number of hydrogen-bond acceptors (Lipinski definition) is 2. The van der Waals surface area contributed by atoms with Crippen molar-refractivity contribution in [3.05, 3.63) is 63.6 Å². The largest absolute Gasteiger partial charge is 0.344 e. The van der Waals surface area contributed by atoms with Crippen molar-refractivity contribution in [2.24, 2.45) is 0 Å². The van der Waals surface area contributed by atoms with E-state index in [1.165, 1.54) is 0 Å². The lowest BCUT2D eigenvalue weighted by Gasteiger charge is -2.09. The van der Waals surface area contributed by atoms with Gasteiger partial charge in [0.15, 0.2) is 0 Å². The topological polar surface area (TPSA) is 58.2 Å². The number of aryl methyl sites for hydroxylation is 2. The van der Waals surface area contributed by atoms with Crippen LogP contribution in [0.2, 0.25) is 0 Å². The van der Waals surface area contributed by atoms with Crippen LogP contribution in [0.4, 0.5) is 5.69 Å². The van der Waals surface area contributed by atoms with Crippen LogP contribution in [0.5, 0.6) is 0 Å². The van der Waals surface area contributed by atoms with Gasteiger partial charge in [0.05, 0.1) is 0 Å². The average Bonchev–Trinajstić information content (AvgIpc) is 2.47. The normalized spacial score (nSPS) is 10.1. The zero-order valence-electron chi connectivity index (χ0n) is 12.4. The summed E-state index contributed by atoms with van der Waals surface area (Å²) in [6, 6.07) is 13.2. The fraction of sp³-hybridized carbons (Fsp3) is 0.176. The van der Waals surface area contributed by atoms with Crippen molar-refractivity contribution in [2.75, 3.05) is 5.32 Å². The molecule has 0 radical (unpaired) electrons. The van der Waals surface area contributed by atoms with Gasteiger partial charge in [-0.1, -0.05) is 45.8 Å². The van der Waals surface area contributed by atoms with Crippen molar-refractivity contribution in [2.45, 2.75) is 20.4 Å². The lowest BCUT2D eigenvalue weighted by Crippen LogP contribution is -2.35. The smallest absolute Gasteiger partial charge is 0.313 e. The van der Waals surface area contributed by atoms with Crippen molar-refractivity contribution >= 4 is 33.4 Å². The summed E-state index contributed by atoms with van der Waals surface area (Å²) in [6.07, 6.45) is 0. The fourth-order valence-electron chi connectivity index (χ4n) is 2.03. The van der Waals surface area contributed by atoms with E-state index >= 15 is 0 Å². The van der Waals surface area contributed by atoms with E-state index in [-0.39, 0.29) is 0 Å². The standard InChI is InChI=1S/C17H17BrN2O2/c1-11-4-3-5-13(8-11)10-19-16(21)17(22)20-15-7-6-14(18)9-12(15)2/h3-9H,10H2,1-2H3,(H,19,21)(H,20,22). The highest BCUT2D eigenvalue weighted by molar-refractivity contribution is 9.10. The number of carbonyl (C=O) groups is 2. The highest BCUT2D eigenvalue weighted by Gasteiger charge is 2.14. The van der Waals surface area contributed by atoms with Crippen molar-refractivity contribution < 1.29 is 9.59 Å². The Morgan fingerprint density at radius 1 is 1.05 bits per heavy atom. The third-order valence-corrected chi connectivity index (χ3v) is 3.67. The van der Waals surface area contributed by atoms with E-state index in [9.17, 15) is 9.59 Å². The second kappa shape index (κ2) is 7.22. The molecule has 0 fully saturated rings. The molecule has 0 atom stereocenters. The number of anilines is 1. The van der Waals surface area contributed by atoms with Gasteiger partial charge in [0.25, 0.3) is 0 Å². The SMILES string of the molecule is Cc1cccc(CNC(=O)C(=O)Nc2ccc(Br)cc2C)c1. The summed E-state index contributed by atoms with van der Waals surface area (Å²) < 4.78 is 0.923. The molecule has 2 aromatic rings. The first-order valence-electron chi connectivity index (χ1n) is 6.86. The van der Waals surface area contributed by atoms with Gasteiger partial charge in [-0.2, -0.15) is 0 Å². The Bertz CT molecular complexity index is 714. The van der Waals surface area contributed by atoms with Gasteiger partial charge < -0.3 is 10.6 Å². The van der Waals surface area contributed by atoms with Gasteiger partial charge in [-0.3, -0.25) is 9.59 Å². The zero-order chi connectivity index (χ0) is 16.1. The Morgan fingerprint density at radius 2 is 1.82 bits per heavy atom. The van der Waals surface area contributed by atoms with E-state index in [4.69, 9.17) is 0 Å². The minimum atomic E-state index is -0.668. The number of amides is 2. The van der Waals surface area contributed by atoms with Gasteiger partial charge in [-0.25, -0.2) is 0 Å². The highest BCUT2D eigenvalue weighted by atomic mass is 79.9. The summed E-state index contributed by atoms with van der Waals surface area (Å²) in [4.78, 5) is 23.8. The maximum absolute atomic E-state index is 11.9. The Kier molecular flexibility index (Phi) is 5.33. The number of nitrogens with one attached hydrogen (secondary N) is 2. The molecule has 22 heavy (non-hydrogen) atoms. The molecule has 2 N–H and O–H groups in total. The Labute approximate surface area is 138 Å². The van der Waals surface area contributed by atoms with E-state index in [0.717, 1.165) is 21.2 Å². The average molecular weight is 361 g/mol. The van der Waals surface area contributed by atoms with Gasteiger partial charge in [0.2, 0.25) is 0 Å². The van der Waals surface area contributed by atoms with Crippen LogP contribution >= 0.6 is 15.9 Å². The van der Waals surface area contributed by atoms with Crippen LogP contribution in [0.1, 0.15) is 16.7 Å². The van der Waals surface area contributed by atoms with Crippen LogP contribution in [0.25, 0.3) is 0 Å². The lowest BCUT2D eigenvalue weighted by molar-refractivity contribution is -0.136. The molecule has 0 bridgehead atoms. The second-order valence-electron chi connectivity index (χ2n) is 5.09. The van der Waals surface area contributed by atoms with E-state index in [2.05, 4.69) is 26.6 Å². The lowest BCUT2D eigenvalue weighted by atomic mass is 10.1. The first-order chi connectivity index (χ1) is 10.5. The van der Waals surface area contributed by atoms with Crippen molar-refractivity contribution in [3.8, 4) is 0 Å². The highest BCUT2D eigenvalue weighted by Crippen LogP contribution is 2.19. The molecule has 0 aliphatic heterocycles. The molecule has 2 aromatic carbocycles. The minimum absolute atomic E-state index is 0.327. The number of hydrogen-bond donors (Lipinski definition) is 2. The molecule has 0 saturated heterocycles. The van der Waals surface area contributed by atoms with E-state index in [1.807, 2.05) is 50.2 Å². The third-order valence-electron chi connectivity index (χ3n) is 3.18. The van der Waals surface area contributed by atoms with Crippen LogP contribution < -0.4 is 10.6 Å². The molecule has 0 aromatic heterocycles. The summed E-state index contributed by atoms with van der Waals surface area (Å²) in [5.74, 6) is -1.32. The molecule has 2 rings (SSSR count). The zero-order valence-corrected chi connectivity index (χ0v) is 14.0. The van der Waals surface area contributed by atoms with Crippen molar-refractivity contribution in [1.29, 1.82) is 0 Å². The molecule has 2 amide bonds. The molecule has 0 spiro atoms. The van der Waals surface area contributed by atoms with Gasteiger partial charge in [-0.05, 0) is 43.2 Å². The first kappa shape index (κ1) is 16.2. The van der Waals surface area contributed by atoms with Crippen molar-refractivity contribution in [3.63, 3.8) is 0 Å². The van der Waals surface area contributed by atoms with Crippen LogP contribution in [0, 0.1) is 13.8 Å². The minimum Gasteiger partial charge on any atom is -0.344 e. The van der Waals surface area contributed by atoms with Crippen LogP contribution in [0.3, 0.4) is 0 Å². The summed E-state index contributed by atoms with van der Waals surface area (Å²) >= 11 is 3.36. The van der Waals surface area contributed by atoms with Gasteiger partial charge >= 0.3 is 11.8 Å². The summed E-state index contributed by atoms with van der Waals surface area (Å²) in [6.45, 7) is 4.17. The molecule has 0 heterocycles. The molecule has 0 aliphatic rings. The number of carbonyl (C=O) groups excluding carboxylic acids is 2. The van der Waals surface area contributed by atoms with Gasteiger partial charge in [0.1, 0.15) is 0 Å². The maximum atomic E-state index is 11.9. The molecule has 114 valence electrons. The summed E-state index contributed by atoms with van der Waals surface area (Å²) in [7, 11) is 0. The first-order valence-corrected chi connectivity index (χ1v) is 7.66.